The number of nitrogens with one attached hydrogen (secondary N) is 2. The van der Waals surface area contributed by atoms with Gasteiger partial charge in [-0.1, -0.05) is 32.8 Å². The molecular weight excluding hydrogens is 224 g/mol. The van der Waals surface area contributed by atoms with Crippen molar-refractivity contribution < 1.29 is 4.79 Å². The SMILES string of the molecule is C=CCNC(=O)C(C)NC1CCCCC1C(C)C. The molecule has 1 saturated carbocycles. The summed E-state index contributed by atoms with van der Waals surface area (Å²) in [7, 11) is 0. The molecule has 3 nitrogen and oxygen atoms in total. The third-order valence-electron chi connectivity index (χ3n) is 3.95. The zero-order chi connectivity index (χ0) is 13.5. The highest BCUT2D eigenvalue weighted by molar-refractivity contribution is 5.81. The molecule has 1 rings (SSSR count). The van der Waals surface area contributed by atoms with Gasteiger partial charge < -0.3 is 10.6 Å². The molecule has 0 aromatic heterocycles. The Morgan fingerprint density at radius 2 is 2.00 bits per heavy atom. The second kappa shape index (κ2) is 7.57. The van der Waals surface area contributed by atoms with Crippen molar-refractivity contribution >= 4 is 5.91 Å². The maximum atomic E-state index is 11.8. The fraction of sp³-hybridized carbons (Fsp3) is 0.800. The summed E-state index contributed by atoms with van der Waals surface area (Å²) in [5.41, 5.74) is 0. The van der Waals surface area contributed by atoms with Crippen LogP contribution in [-0.4, -0.2) is 24.5 Å². The molecule has 0 radical (unpaired) electrons. The molecule has 1 aliphatic rings. The van der Waals surface area contributed by atoms with E-state index >= 15 is 0 Å². The van der Waals surface area contributed by atoms with Crippen LogP contribution in [0.3, 0.4) is 0 Å². The van der Waals surface area contributed by atoms with E-state index in [4.69, 9.17) is 0 Å². The third kappa shape index (κ3) is 4.45. The second-order valence-corrected chi connectivity index (χ2v) is 5.72. The molecule has 0 heterocycles. The first-order chi connectivity index (χ1) is 8.56. The van der Waals surface area contributed by atoms with Crippen LogP contribution in [0.4, 0.5) is 0 Å². The average Bonchev–Trinajstić information content (AvgIpc) is 2.36. The predicted molar refractivity (Wildman–Crippen MR) is 76.4 cm³/mol. The van der Waals surface area contributed by atoms with Crippen LogP contribution in [0.2, 0.25) is 0 Å². The van der Waals surface area contributed by atoms with Crippen molar-refractivity contribution in [2.75, 3.05) is 6.54 Å². The van der Waals surface area contributed by atoms with Gasteiger partial charge in [-0.3, -0.25) is 4.79 Å². The minimum absolute atomic E-state index is 0.0722. The van der Waals surface area contributed by atoms with E-state index in [-0.39, 0.29) is 11.9 Å². The van der Waals surface area contributed by atoms with Crippen LogP contribution < -0.4 is 10.6 Å². The monoisotopic (exact) mass is 252 g/mol. The highest BCUT2D eigenvalue weighted by Gasteiger charge is 2.29. The van der Waals surface area contributed by atoms with Crippen LogP contribution in [0, 0.1) is 11.8 Å². The lowest BCUT2D eigenvalue weighted by Crippen LogP contribution is -2.50. The predicted octanol–water partition coefficient (Wildman–Crippen LogP) is 2.48. The Bertz CT molecular complexity index is 276. The highest BCUT2D eigenvalue weighted by Crippen LogP contribution is 2.30. The Labute approximate surface area is 111 Å². The molecule has 0 aromatic rings. The first kappa shape index (κ1) is 15.2. The standard InChI is InChI=1S/C15H28N2O/c1-5-10-16-15(18)12(4)17-14-9-7-6-8-13(14)11(2)3/h5,11-14,17H,1,6-10H2,2-4H3,(H,16,18). The second-order valence-electron chi connectivity index (χ2n) is 5.72. The summed E-state index contributed by atoms with van der Waals surface area (Å²) in [4.78, 5) is 11.8. The fourth-order valence-electron chi connectivity index (χ4n) is 2.89. The Hall–Kier alpha value is -0.830. The Kier molecular flexibility index (Phi) is 6.41. The van der Waals surface area contributed by atoms with Gasteiger partial charge in [0.1, 0.15) is 0 Å². The van der Waals surface area contributed by atoms with Gasteiger partial charge >= 0.3 is 0 Å². The van der Waals surface area contributed by atoms with E-state index in [9.17, 15) is 4.79 Å². The largest absolute Gasteiger partial charge is 0.351 e. The number of carbonyl (C=O) groups is 1. The summed E-state index contributed by atoms with van der Waals surface area (Å²) in [5.74, 6) is 1.46. The lowest BCUT2D eigenvalue weighted by molar-refractivity contribution is -0.122. The van der Waals surface area contributed by atoms with Crippen molar-refractivity contribution in [2.45, 2.75) is 58.5 Å². The van der Waals surface area contributed by atoms with Crippen molar-refractivity contribution in [1.29, 1.82) is 0 Å². The zero-order valence-corrected chi connectivity index (χ0v) is 12.0. The smallest absolute Gasteiger partial charge is 0.237 e. The topological polar surface area (TPSA) is 41.1 Å². The lowest BCUT2D eigenvalue weighted by Gasteiger charge is -2.36. The minimum Gasteiger partial charge on any atom is -0.351 e. The summed E-state index contributed by atoms with van der Waals surface area (Å²) in [6, 6.07) is 0.373. The van der Waals surface area contributed by atoms with E-state index in [1.165, 1.54) is 25.7 Å². The summed E-state index contributed by atoms with van der Waals surface area (Å²) in [6.07, 6.45) is 6.81. The molecule has 1 amide bonds. The summed E-state index contributed by atoms with van der Waals surface area (Å²) < 4.78 is 0. The normalized spacial score (nSPS) is 25.8. The molecule has 0 aromatic carbocycles. The first-order valence-corrected chi connectivity index (χ1v) is 7.21. The van der Waals surface area contributed by atoms with Crippen LogP contribution in [0.25, 0.3) is 0 Å². The molecular formula is C15H28N2O. The Balaban J connectivity index is 2.47. The number of hydrogen-bond acceptors (Lipinski definition) is 2. The molecule has 2 N–H and O–H groups in total. The van der Waals surface area contributed by atoms with Crippen LogP contribution in [0.5, 0.6) is 0 Å². The first-order valence-electron chi connectivity index (χ1n) is 7.21. The van der Waals surface area contributed by atoms with Crippen molar-refractivity contribution in [1.82, 2.24) is 10.6 Å². The van der Waals surface area contributed by atoms with E-state index in [0.717, 1.165) is 0 Å². The minimum atomic E-state index is -0.116. The van der Waals surface area contributed by atoms with Crippen LogP contribution >= 0.6 is 0 Å². The van der Waals surface area contributed by atoms with E-state index in [1.807, 2.05) is 6.92 Å². The van der Waals surface area contributed by atoms with Crippen LogP contribution in [-0.2, 0) is 4.79 Å². The van der Waals surface area contributed by atoms with E-state index in [2.05, 4.69) is 31.1 Å². The molecule has 0 spiro atoms. The van der Waals surface area contributed by atoms with Gasteiger partial charge in [0.2, 0.25) is 5.91 Å². The van der Waals surface area contributed by atoms with Gasteiger partial charge in [0.25, 0.3) is 0 Å². The zero-order valence-electron chi connectivity index (χ0n) is 12.0. The van der Waals surface area contributed by atoms with Crippen LogP contribution in [0.1, 0.15) is 46.5 Å². The van der Waals surface area contributed by atoms with Gasteiger partial charge in [-0.05, 0) is 31.6 Å². The van der Waals surface area contributed by atoms with E-state index < -0.39 is 0 Å². The summed E-state index contributed by atoms with van der Waals surface area (Å²) in [5, 5.41) is 6.36. The maximum Gasteiger partial charge on any atom is 0.237 e. The van der Waals surface area contributed by atoms with Crippen molar-refractivity contribution in [3.63, 3.8) is 0 Å². The molecule has 0 bridgehead atoms. The van der Waals surface area contributed by atoms with E-state index in [0.29, 0.717) is 24.4 Å². The van der Waals surface area contributed by atoms with Crippen molar-refractivity contribution in [3.05, 3.63) is 12.7 Å². The summed E-state index contributed by atoms with van der Waals surface area (Å²) >= 11 is 0. The van der Waals surface area contributed by atoms with Crippen LogP contribution in [0.15, 0.2) is 12.7 Å². The Morgan fingerprint density at radius 1 is 1.33 bits per heavy atom. The number of hydrogen-bond donors (Lipinski definition) is 2. The maximum absolute atomic E-state index is 11.8. The van der Waals surface area contributed by atoms with Crippen molar-refractivity contribution in [2.24, 2.45) is 11.8 Å². The van der Waals surface area contributed by atoms with Crippen molar-refractivity contribution in [3.8, 4) is 0 Å². The molecule has 1 fully saturated rings. The summed E-state index contributed by atoms with van der Waals surface area (Å²) in [6.45, 7) is 10.7. The average molecular weight is 252 g/mol. The quantitative estimate of drug-likeness (QED) is 0.713. The van der Waals surface area contributed by atoms with Gasteiger partial charge in [-0.15, -0.1) is 6.58 Å². The molecule has 3 heteroatoms. The van der Waals surface area contributed by atoms with Gasteiger partial charge in [0, 0.05) is 12.6 Å². The molecule has 18 heavy (non-hydrogen) atoms. The van der Waals surface area contributed by atoms with Gasteiger partial charge in [-0.25, -0.2) is 0 Å². The third-order valence-corrected chi connectivity index (χ3v) is 3.95. The fourth-order valence-corrected chi connectivity index (χ4v) is 2.89. The van der Waals surface area contributed by atoms with Gasteiger partial charge in [0.15, 0.2) is 0 Å². The molecule has 0 aliphatic heterocycles. The van der Waals surface area contributed by atoms with Gasteiger partial charge in [0.05, 0.1) is 6.04 Å². The number of rotatable bonds is 6. The molecule has 0 saturated heterocycles. The lowest BCUT2D eigenvalue weighted by atomic mass is 9.77. The number of amides is 1. The molecule has 3 atom stereocenters. The Morgan fingerprint density at radius 3 is 2.61 bits per heavy atom. The highest BCUT2D eigenvalue weighted by atomic mass is 16.2. The van der Waals surface area contributed by atoms with Gasteiger partial charge in [-0.2, -0.15) is 0 Å². The number of carbonyl (C=O) groups excluding carboxylic acids is 1. The molecule has 1 aliphatic carbocycles. The molecule has 104 valence electrons. The molecule has 3 unspecified atom stereocenters. The van der Waals surface area contributed by atoms with E-state index in [1.54, 1.807) is 6.08 Å².